The summed E-state index contributed by atoms with van der Waals surface area (Å²) in [5.74, 6) is 0. The van der Waals surface area contributed by atoms with Crippen molar-refractivity contribution in [2.45, 2.75) is 25.7 Å². The molecule has 12 heavy (non-hydrogen) atoms. The van der Waals surface area contributed by atoms with Crippen LogP contribution in [0.15, 0.2) is 12.3 Å². The van der Waals surface area contributed by atoms with Crippen LogP contribution >= 0.6 is 0 Å². The number of allylic oxidation sites excluding steroid dienone is 1. The Morgan fingerprint density at radius 3 is 2.67 bits per heavy atom. The first kappa shape index (κ1) is 11.2. The fourth-order valence-electron chi connectivity index (χ4n) is 0.733. The average Bonchev–Trinajstić information content (AvgIpc) is 2.10. The predicted octanol–water partition coefficient (Wildman–Crippen LogP) is 1.88. The van der Waals surface area contributed by atoms with Gasteiger partial charge < -0.3 is 14.3 Å². The van der Waals surface area contributed by atoms with Gasteiger partial charge in [-0.3, -0.25) is 0 Å². The lowest BCUT2D eigenvalue weighted by atomic mass is 10.2. The highest BCUT2D eigenvalue weighted by Gasteiger charge is 1.84. The number of carbonyl (C=O) groups excluding carboxylic acids is 1. The molecule has 0 aliphatic heterocycles. The standard InChI is InChI=1S/C9H16O3/c1-11-9-12-8-6-4-2-3-5-7-10/h6-8H,2-5,9H2,1H3. The van der Waals surface area contributed by atoms with E-state index in [-0.39, 0.29) is 0 Å². The Labute approximate surface area is 73.4 Å². The number of rotatable bonds is 8. The topological polar surface area (TPSA) is 35.5 Å². The third kappa shape index (κ3) is 9.17. The third-order valence-corrected chi connectivity index (χ3v) is 1.32. The van der Waals surface area contributed by atoms with Gasteiger partial charge in [0.2, 0.25) is 0 Å². The van der Waals surface area contributed by atoms with Crippen molar-refractivity contribution < 1.29 is 14.3 Å². The molecular weight excluding hydrogens is 156 g/mol. The van der Waals surface area contributed by atoms with Crippen LogP contribution < -0.4 is 0 Å². The van der Waals surface area contributed by atoms with Gasteiger partial charge >= 0.3 is 0 Å². The third-order valence-electron chi connectivity index (χ3n) is 1.32. The van der Waals surface area contributed by atoms with Gasteiger partial charge in [-0.1, -0.05) is 0 Å². The normalized spacial score (nSPS) is 10.4. The molecule has 0 amide bonds. The molecular formula is C9H16O3. The summed E-state index contributed by atoms with van der Waals surface area (Å²) in [5.41, 5.74) is 0. The van der Waals surface area contributed by atoms with E-state index >= 15 is 0 Å². The summed E-state index contributed by atoms with van der Waals surface area (Å²) in [5, 5.41) is 0. The largest absolute Gasteiger partial charge is 0.476 e. The number of ether oxygens (including phenoxy) is 2. The van der Waals surface area contributed by atoms with Gasteiger partial charge in [-0.15, -0.1) is 0 Å². The van der Waals surface area contributed by atoms with E-state index in [1.54, 1.807) is 13.4 Å². The van der Waals surface area contributed by atoms with Crippen LogP contribution in [-0.4, -0.2) is 20.2 Å². The molecule has 0 aromatic carbocycles. The van der Waals surface area contributed by atoms with E-state index in [9.17, 15) is 4.79 Å². The molecule has 0 N–H and O–H groups in total. The van der Waals surface area contributed by atoms with Crippen molar-refractivity contribution in [1.29, 1.82) is 0 Å². The molecule has 0 heterocycles. The van der Waals surface area contributed by atoms with Crippen molar-refractivity contribution in [3.63, 3.8) is 0 Å². The molecule has 0 aromatic rings. The minimum absolute atomic E-state index is 0.296. The summed E-state index contributed by atoms with van der Waals surface area (Å²) in [6, 6.07) is 0. The number of hydrogen-bond acceptors (Lipinski definition) is 3. The molecule has 0 aliphatic carbocycles. The number of methoxy groups -OCH3 is 1. The lowest BCUT2D eigenvalue weighted by molar-refractivity contribution is -0.107. The van der Waals surface area contributed by atoms with Crippen molar-refractivity contribution in [3.8, 4) is 0 Å². The van der Waals surface area contributed by atoms with Gasteiger partial charge in [0, 0.05) is 13.5 Å². The molecule has 0 bridgehead atoms. The second-order valence-corrected chi connectivity index (χ2v) is 2.40. The first-order chi connectivity index (χ1) is 5.91. The molecule has 0 rings (SSSR count). The van der Waals surface area contributed by atoms with Crippen LogP contribution in [-0.2, 0) is 14.3 Å². The van der Waals surface area contributed by atoms with Gasteiger partial charge in [-0.2, -0.15) is 0 Å². The minimum atomic E-state index is 0.296. The number of hydrogen-bond donors (Lipinski definition) is 0. The zero-order valence-corrected chi connectivity index (χ0v) is 7.49. The molecule has 0 spiro atoms. The van der Waals surface area contributed by atoms with E-state index in [2.05, 4.69) is 4.74 Å². The van der Waals surface area contributed by atoms with E-state index < -0.39 is 0 Å². The van der Waals surface area contributed by atoms with Crippen LogP contribution in [0.1, 0.15) is 25.7 Å². The highest BCUT2D eigenvalue weighted by Crippen LogP contribution is 1.98. The first-order valence-electron chi connectivity index (χ1n) is 4.11. The number of unbranched alkanes of at least 4 members (excludes halogenated alkanes) is 3. The second-order valence-electron chi connectivity index (χ2n) is 2.40. The molecule has 0 unspecified atom stereocenters. The molecule has 0 fully saturated rings. The van der Waals surface area contributed by atoms with Gasteiger partial charge in [-0.05, 0) is 25.3 Å². The fraction of sp³-hybridized carbons (Fsp3) is 0.667. The average molecular weight is 172 g/mol. The summed E-state index contributed by atoms with van der Waals surface area (Å²) < 4.78 is 9.58. The molecule has 0 aromatic heterocycles. The maximum Gasteiger partial charge on any atom is 0.187 e. The number of aldehydes is 1. The van der Waals surface area contributed by atoms with Crippen molar-refractivity contribution in [1.82, 2.24) is 0 Å². The van der Waals surface area contributed by atoms with E-state index in [1.165, 1.54) is 0 Å². The lowest BCUT2D eigenvalue weighted by Gasteiger charge is -1.96. The summed E-state index contributed by atoms with van der Waals surface area (Å²) in [4.78, 5) is 9.92. The predicted molar refractivity (Wildman–Crippen MR) is 46.6 cm³/mol. The molecule has 0 aliphatic rings. The van der Waals surface area contributed by atoms with Crippen LogP contribution in [0.4, 0.5) is 0 Å². The maximum atomic E-state index is 9.92. The maximum absolute atomic E-state index is 9.92. The van der Waals surface area contributed by atoms with Crippen LogP contribution in [0.2, 0.25) is 0 Å². The van der Waals surface area contributed by atoms with Crippen molar-refractivity contribution >= 4 is 6.29 Å². The van der Waals surface area contributed by atoms with E-state index in [1.807, 2.05) is 6.08 Å². The molecule has 3 nitrogen and oxygen atoms in total. The Bertz CT molecular complexity index is 121. The highest BCUT2D eigenvalue weighted by atomic mass is 16.7. The second kappa shape index (κ2) is 10.2. The highest BCUT2D eigenvalue weighted by molar-refractivity contribution is 5.48. The molecule has 0 saturated heterocycles. The Kier molecular flexibility index (Phi) is 9.47. The van der Waals surface area contributed by atoms with Gasteiger partial charge in [-0.25, -0.2) is 0 Å². The zero-order chi connectivity index (χ0) is 9.07. The van der Waals surface area contributed by atoms with Crippen molar-refractivity contribution in [2.24, 2.45) is 0 Å². The molecule has 0 saturated carbocycles. The van der Waals surface area contributed by atoms with Crippen molar-refractivity contribution in [2.75, 3.05) is 13.9 Å². The zero-order valence-electron chi connectivity index (χ0n) is 7.49. The van der Waals surface area contributed by atoms with Crippen LogP contribution in [0, 0.1) is 0 Å². The van der Waals surface area contributed by atoms with Crippen LogP contribution in [0.3, 0.4) is 0 Å². The molecule has 70 valence electrons. The van der Waals surface area contributed by atoms with E-state index in [0.717, 1.165) is 25.5 Å². The Balaban J connectivity index is 2.97. The van der Waals surface area contributed by atoms with Gasteiger partial charge in [0.25, 0.3) is 0 Å². The summed E-state index contributed by atoms with van der Waals surface area (Å²) in [7, 11) is 1.58. The Morgan fingerprint density at radius 1 is 1.25 bits per heavy atom. The summed E-state index contributed by atoms with van der Waals surface area (Å²) in [6.07, 6.45) is 8.12. The Hall–Kier alpha value is -0.830. The smallest absolute Gasteiger partial charge is 0.187 e. The van der Waals surface area contributed by atoms with Gasteiger partial charge in [0.15, 0.2) is 6.79 Å². The van der Waals surface area contributed by atoms with Crippen molar-refractivity contribution in [3.05, 3.63) is 12.3 Å². The molecule has 3 heteroatoms. The van der Waals surface area contributed by atoms with E-state index in [4.69, 9.17) is 4.74 Å². The SMILES string of the molecule is COCOC=CCCCCC=O. The van der Waals surface area contributed by atoms with Crippen LogP contribution in [0.25, 0.3) is 0 Å². The summed E-state index contributed by atoms with van der Waals surface area (Å²) in [6.45, 7) is 0.296. The van der Waals surface area contributed by atoms with Gasteiger partial charge in [0.05, 0.1) is 6.26 Å². The molecule has 0 atom stereocenters. The Morgan fingerprint density at radius 2 is 2.00 bits per heavy atom. The number of carbonyl (C=O) groups is 1. The minimum Gasteiger partial charge on any atom is -0.476 e. The fourth-order valence-corrected chi connectivity index (χ4v) is 0.733. The van der Waals surface area contributed by atoms with Gasteiger partial charge in [0.1, 0.15) is 6.29 Å². The van der Waals surface area contributed by atoms with Crippen LogP contribution in [0.5, 0.6) is 0 Å². The first-order valence-corrected chi connectivity index (χ1v) is 4.11. The monoisotopic (exact) mass is 172 g/mol. The lowest BCUT2D eigenvalue weighted by Crippen LogP contribution is -1.87. The van der Waals surface area contributed by atoms with E-state index in [0.29, 0.717) is 13.2 Å². The molecule has 0 radical (unpaired) electrons. The summed E-state index contributed by atoms with van der Waals surface area (Å²) >= 11 is 0. The quantitative estimate of drug-likeness (QED) is 0.243.